The lowest BCUT2D eigenvalue weighted by atomic mass is 10.2. The van der Waals surface area contributed by atoms with Crippen molar-refractivity contribution < 1.29 is 4.74 Å². The third-order valence-corrected chi connectivity index (χ3v) is 2.40. The van der Waals surface area contributed by atoms with Gasteiger partial charge in [0.1, 0.15) is 5.75 Å². The van der Waals surface area contributed by atoms with Gasteiger partial charge < -0.3 is 10.1 Å². The van der Waals surface area contributed by atoms with Crippen LogP contribution in [0, 0.1) is 0 Å². The highest BCUT2D eigenvalue weighted by molar-refractivity contribution is 5.49. The molecule has 1 N–H and O–H groups in total. The van der Waals surface area contributed by atoms with Crippen LogP contribution in [0.25, 0.3) is 6.08 Å². The van der Waals surface area contributed by atoms with Crippen molar-refractivity contribution in [2.75, 3.05) is 7.05 Å². The molecule has 3 nitrogen and oxygen atoms in total. The van der Waals surface area contributed by atoms with Crippen molar-refractivity contribution in [3.63, 3.8) is 0 Å². The summed E-state index contributed by atoms with van der Waals surface area (Å²) in [6.07, 6.45) is 9.00. The number of hydrogen-bond acceptors (Lipinski definition) is 3. The normalized spacial score (nSPS) is 13.2. The third kappa shape index (κ3) is 5.50. The van der Waals surface area contributed by atoms with Crippen LogP contribution in [0.5, 0.6) is 5.75 Å². The minimum Gasteiger partial charge on any atom is -0.489 e. The maximum Gasteiger partial charge on any atom is 0.138 e. The first-order valence-corrected chi connectivity index (χ1v) is 6.07. The van der Waals surface area contributed by atoms with Gasteiger partial charge >= 0.3 is 0 Å². The summed E-state index contributed by atoms with van der Waals surface area (Å²) in [5, 5.41) is 3.20. The fraction of sp³-hybridized carbons (Fsp3) is 0.500. The Balaban J connectivity index is 2.59. The van der Waals surface area contributed by atoms with Crippen LogP contribution < -0.4 is 10.1 Å². The number of pyridine rings is 1. The summed E-state index contributed by atoms with van der Waals surface area (Å²) in [7, 11) is 1.97. The molecule has 94 valence electrons. The van der Waals surface area contributed by atoms with E-state index < -0.39 is 0 Å². The lowest BCUT2D eigenvalue weighted by molar-refractivity contribution is 0.241. The van der Waals surface area contributed by atoms with Crippen LogP contribution in [0.15, 0.2) is 24.5 Å². The van der Waals surface area contributed by atoms with E-state index in [-0.39, 0.29) is 6.10 Å². The Morgan fingerprint density at radius 3 is 2.76 bits per heavy atom. The highest BCUT2D eigenvalue weighted by Crippen LogP contribution is 2.14. The first-order valence-electron chi connectivity index (χ1n) is 6.07. The second-order valence-corrected chi connectivity index (χ2v) is 4.45. The summed E-state index contributed by atoms with van der Waals surface area (Å²) < 4.78 is 5.59. The second-order valence-electron chi connectivity index (χ2n) is 4.45. The van der Waals surface area contributed by atoms with Crippen LogP contribution in [0.4, 0.5) is 0 Å². The van der Waals surface area contributed by atoms with Gasteiger partial charge in [0, 0.05) is 12.2 Å². The monoisotopic (exact) mass is 234 g/mol. The van der Waals surface area contributed by atoms with Gasteiger partial charge in [-0.1, -0.05) is 12.2 Å². The average molecular weight is 234 g/mol. The van der Waals surface area contributed by atoms with Crippen molar-refractivity contribution in [3.8, 4) is 5.75 Å². The molecule has 0 bridgehead atoms. The molecule has 0 unspecified atom stereocenters. The number of ether oxygens (including phenoxy) is 1. The van der Waals surface area contributed by atoms with E-state index >= 15 is 0 Å². The van der Waals surface area contributed by atoms with Gasteiger partial charge in [-0.3, -0.25) is 4.98 Å². The molecule has 1 heterocycles. The number of hydrogen-bond donors (Lipinski definition) is 1. The van der Waals surface area contributed by atoms with Gasteiger partial charge in [-0.25, -0.2) is 0 Å². The predicted molar refractivity (Wildman–Crippen MR) is 72.2 cm³/mol. The Kier molecular flexibility index (Phi) is 5.70. The molecule has 1 aromatic heterocycles. The van der Waals surface area contributed by atoms with E-state index in [9.17, 15) is 0 Å². The maximum atomic E-state index is 5.59. The molecular weight excluding hydrogens is 212 g/mol. The molecule has 0 saturated heterocycles. The van der Waals surface area contributed by atoms with E-state index in [1.165, 1.54) is 0 Å². The summed E-state index contributed by atoms with van der Waals surface area (Å²) in [5.41, 5.74) is 1.08. The first kappa shape index (κ1) is 13.7. The molecule has 1 aromatic rings. The zero-order valence-corrected chi connectivity index (χ0v) is 11.1. The highest BCUT2D eigenvalue weighted by Gasteiger charge is 1.98. The Morgan fingerprint density at radius 1 is 1.35 bits per heavy atom. The number of aromatic nitrogens is 1. The molecule has 0 saturated carbocycles. The lowest BCUT2D eigenvalue weighted by Gasteiger charge is -2.09. The number of nitrogens with zero attached hydrogens (tertiary/aromatic N) is 1. The quantitative estimate of drug-likeness (QED) is 0.821. The molecule has 0 aliphatic heterocycles. The van der Waals surface area contributed by atoms with E-state index in [0.29, 0.717) is 6.04 Å². The fourth-order valence-corrected chi connectivity index (χ4v) is 1.39. The summed E-state index contributed by atoms with van der Waals surface area (Å²) in [6, 6.07) is 2.50. The average Bonchev–Trinajstić information content (AvgIpc) is 2.28. The molecule has 17 heavy (non-hydrogen) atoms. The van der Waals surface area contributed by atoms with Gasteiger partial charge in [-0.05, 0) is 45.9 Å². The minimum absolute atomic E-state index is 0.181. The van der Waals surface area contributed by atoms with Crippen molar-refractivity contribution in [2.45, 2.75) is 39.3 Å². The number of rotatable bonds is 6. The molecule has 0 radical (unpaired) electrons. The molecule has 0 spiro atoms. The van der Waals surface area contributed by atoms with Gasteiger partial charge in [0.25, 0.3) is 0 Å². The van der Waals surface area contributed by atoms with E-state index in [1.807, 2.05) is 33.2 Å². The van der Waals surface area contributed by atoms with Gasteiger partial charge in [0.05, 0.1) is 12.3 Å². The largest absolute Gasteiger partial charge is 0.489 e. The molecule has 0 fully saturated rings. The summed E-state index contributed by atoms with van der Waals surface area (Å²) >= 11 is 0. The Morgan fingerprint density at radius 2 is 2.12 bits per heavy atom. The minimum atomic E-state index is 0.181. The molecule has 1 rings (SSSR count). The van der Waals surface area contributed by atoms with Crippen molar-refractivity contribution in [3.05, 3.63) is 30.1 Å². The molecule has 3 heteroatoms. The van der Waals surface area contributed by atoms with Crippen LogP contribution in [-0.2, 0) is 0 Å². The summed E-state index contributed by atoms with van der Waals surface area (Å²) in [5.74, 6) is 0.823. The summed E-state index contributed by atoms with van der Waals surface area (Å²) in [4.78, 5) is 4.16. The van der Waals surface area contributed by atoms with E-state index in [4.69, 9.17) is 4.74 Å². The van der Waals surface area contributed by atoms with Crippen LogP contribution in [-0.4, -0.2) is 24.2 Å². The maximum absolute atomic E-state index is 5.59. The standard InChI is InChI=1S/C14H22N2O/c1-11(2)17-14-8-13(9-16-10-14)7-5-6-12(3)15-4/h5,7-12,15H,6H2,1-4H3/b7-5+/t12-/m1/s1. The molecule has 0 aliphatic rings. The van der Waals surface area contributed by atoms with Crippen LogP contribution in [0.3, 0.4) is 0 Å². The van der Waals surface area contributed by atoms with Gasteiger partial charge in [0.2, 0.25) is 0 Å². The van der Waals surface area contributed by atoms with Crippen LogP contribution in [0.1, 0.15) is 32.8 Å². The molecule has 0 aliphatic carbocycles. The zero-order chi connectivity index (χ0) is 12.7. The predicted octanol–water partition coefficient (Wildman–Crippen LogP) is 2.88. The third-order valence-electron chi connectivity index (χ3n) is 2.40. The van der Waals surface area contributed by atoms with E-state index in [2.05, 4.69) is 29.4 Å². The molecule has 0 aromatic carbocycles. The van der Waals surface area contributed by atoms with Gasteiger partial charge in [-0.15, -0.1) is 0 Å². The smallest absolute Gasteiger partial charge is 0.138 e. The van der Waals surface area contributed by atoms with Crippen molar-refractivity contribution in [2.24, 2.45) is 0 Å². The van der Waals surface area contributed by atoms with Crippen molar-refractivity contribution >= 4 is 6.08 Å². The molecule has 0 amide bonds. The fourth-order valence-electron chi connectivity index (χ4n) is 1.39. The van der Waals surface area contributed by atoms with Gasteiger partial charge in [0.15, 0.2) is 0 Å². The summed E-state index contributed by atoms with van der Waals surface area (Å²) in [6.45, 7) is 6.18. The Bertz CT molecular complexity index is 361. The molecular formula is C14H22N2O. The van der Waals surface area contributed by atoms with Gasteiger partial charge in [-0.2, -0.15) is 0 Å². The molecule has 1 atom stereocenters. The number of nitrogens with one attached hydrogen (secondary N) is 1. The zero-order valence-electron chi connectivity index (χ0n) is 11.1. The second kappa shape index (κ2) is 7.07. The Hall–Kier alpha value is -1.35. The topological polar surface area (TPSA) is 34.2 Å². The van der Waals surface area contributed by atoms with Crippen molar-refractivity contribution in [1.29, 1.82) is 0 Å². The van der Waals surface area contributed by atoms with Crippen molar-refractivity contribution in [1.82, 2.24) is 10.3 Å². The van der Waals surface area contributed by atoms with Crippen LogP contribution >= 0.6 is 0 Å². The first-order chi connectivity index (χ1) is 8.11. The van der Waals surface area contributed by atoms with E-state index in [1.54, 1.807) is 6.20 Å². The lowest BCUT2D eigenvalue weighted by Crippen LogP contribution is -2.19. The SMILES string of the molecule is CN[C@H](C)C/C=C/c1cncc(OC(C)C)c1. The highest BCUT2D eigenvalue weighted by atomic mass is 16.5. The Labute approximate surface area is 104 Å². The van der Waals surface area contributed by atoms with Crippen LogP contribution in [0.2, 0.25) is 0 Å². The van der Waals surface area contributed by atoms with E-state index in [0.717, 1.165) is 17.7 Å².